The average Bonchev–Trinajstić information content (AvgIpc) is 2.26. The molecule has 0 aliphatic rings. The fraction of sp³-hybridized carbons (Fsp3) is 0.0909. The first-order chi connectivity index (χ1) is 8.90. The lowest BCUT2D eigenvalue weighted by molar-refractivity contribution is -0.385. The zero-order chi connectivity index (χ0) is 14.2. The third-order valence-electron chi connectivity index (χ3n) is 2.40. The maximum absolute atomic E-state index is 11.1. The number of benzene rings is 1. The molecular weight excluding hydrogens is 312 g/mol. The number of hydrogen-bond acceptors (Lipinski definition) is 4. The summed E-state index contributed by atoms with van der Waals surface area (Å²) in [7, 11) is 0. The van der Waals surface area contributed by atoms with Gasteiger partial charge in [-0.05, 0) is 36.7 Å². The van der Waals surface area contributed by atoms with Gasteiger partial charge in [-0.2, -0.15) is 0 Å². The van der Waals surface area contributed by atoms with Crippen molar-refractivity contribution in [3.63, 3.8) is 0 Å². The first-order valence-corrected chi connectivity index (χ1v) is 6.17. The Bertz CT molecular complexity index is 676. The predicted octanol–water partition coefficient (Wildman–Crippen LogP) is 4.32. The molecule has 0 aliphatic heterocycles. The number of aromatic nitrogens is 2. The zero-order valence-corrected chi connectivity index (χ0v) is 11.8. The molecule has 0 saturated carbocycles. The Kier molecular flexibility index (Phi) is 3.89. The predicted molar refractivity (Wildman–Crippen MR) is 73.9 cm³/mol. The molecule has 0 amide bonds. The minimum absolute atomic E-state index is 0.0733. The van der Waals surface area contributed by atoms with E-state index in [-0.39, 0.29) is 27.4 Å². The highest BCUT2D eigenvalue weighted by Crippen LogP contribution is 2.36. The second-order valence-corrected chi connectivity index (χ2v) is 4.84. The van der Waals surface area contributed by atoms with Crippen LogP contribution >= 0.6 is 34.8 Å². The molecule has 2 aromatic rings. The molecule has 2 rings (SSSR count). The van der Waals surface area contributed by atoms with Gasteiger partial charge in [-0.1, -0.05) is 23.2 Å². The van der Waals surface area contributed by atoms with E-state index in [1.165, 1.54) is 13.0 Å². The molecule has 5 nitrogen and oxygen atoms in total. The molecule has 8 heteroatoms. The van der Waals surface area contributed by atoms with Crippen molar-refractivity contribution >= 4 is 40.5 Å². The van der Waals surface area contributed by atoms with Crippen LogP contribution in [0.5, 0.6) is 0 Å². The molecule has 0 saturated heterocycles. The van der Waals surface area contributed by atoms with Gasteiger partial charge in [0.15, 0.2) is 5.69 Å². The highest BCUT2D eigenvalue weighted by atomic mass is 35.5. The second kappa shape index (κ2) is 5.28. The topological polar surface area (TPSA) is 68.9 Å². The lowest BCUT2D eigenvalue weighted by Gasteiger charge is -2.07. The fourth-order valence-electron chi connectivity index (χ4n) is 1.62. The van der Waals surface area contributed by atoms with Gasteiger partial charge in [-0.25, -0.2) is 9.97 Å². The summed E-state index contributed by atoms with van der Waals surface area (Å²) in [6, 6.07) is 4.60. The molecule has 0 unspecified atom stereocenters. The summed E-state index contributed by atoms with van der Waals surface area (Å²) in [6.07, 6.45) is 0. The van der Waals surface area contributed by atoms with E-state index in [1.807, 2.05) is 0 Å². The number of nitrogens with zero attached hydrogens (tertiary/aromatic N) is 3. The van der Waals surface area contributed by atoms with E-state index in [0.29, 0.717) is 10.6 Å². The van der Waals surface area contributed by atoms with E-state index in [9.17, 15) is 10.1 Å². The van der Waals surface area contributed by atoms with E-state index in [1.54, 1.807) is 12.1 Å². The monoisotopic (exact) mass is 317 g/mol. The van der Waals surface area contributed by atoms with Crippen molar-refractivity contribution in [1.82, 2.24) is 9.97 Å². The van der Waals surface area contributed by atoms with Crippen LogP contribution in [0.1, 0.15) is 5.69 Å². The molecule has 98 valence electrons. The summed E-state index contributed by atoms with van der Waals surface area (Å²) in [5, 5.41) is 11.7. The van der Waals surface area contributed by atoms with E-state index in [2.05, 4.69) is 9.97 Å². The van der Waals surface area contributed by atoms with Crippen LogP contribution in [0.4, 0.5) is 5.69 Å². The van der Waals surface area contributed by atoms with Gasteiger partial charge in [0.2, 0.25) is 5.28 Å². The molecule has 1 aromatic carbocycles. The smallest absolute Gasteiger partial charge is 0.258 e. The van der Waals surface area contributed by atoms with E-state index in [0.717, 1.165) is 0 Å². The Labute approximate surface area is 123 Å². The Hall–Kier alpha value is -1.43. The highest BCUT2D eigenvalue weighted by molar-refractivity contribution is 6.36. The summed E-state index contributed by atoms with van der Waals surface area (Å²) in [5.41, 5.74) is 0.397. The van der Waals surface area contributed by atoms with Gasteiger partial charge < -0.3 is 0 Å². The van der Waals surface area contributed by atoms with E-state index in [4.69, 9.17) is 34.8 Å². The minimum Gasteiger partial charge on any atom is -0.258 e. The number of halogens is 3. The average molecular weight is 319 g/mol. The standard InChI is InChI=1S/C11H6Cl3N3O2/c1-5-10(17(18)19)9(16-11(14)15-5)7-3-2-6(12)4-8(7)13/h2-4H,1H3. The van der Waals surface area contributed by atoms with E-state index >= 15 is 0 Å². The quantitative estimate of drug-likeness (QED) is 0.470. The Morgan fingerprint density at radius 1 is 1.21 bits per heavy atom. The number of hydrogen-bond donors (Lipinski definition) is 0. The number of aryl methyl sites for hydroxylation is 1. The first-order valence-electron chi connectivity index (χ1n) is 5.04. The summed E-state index contributed by atoms with van der Waals surface area (Å²) < 4.78 is 0. The highest BCUT2D eigenvalue weighted by Gasteiger charge is 2.24. The first kappa shape index (κ1) is 14.0. The SMILES string of the molecule is Cc1nc(Cl)nc(-c2ccc(Cl)cc2Cl)c1[N+](=O)[O-]. The van der Waals surface area contributed by atoms with Crippen LogP contribution in [0.15, 0.2) is 18.2 Å². The van der Waals surface area contributed by atoms with Gasteiger partial charge in [0.05, 0.1) is 9.95 Å². The molecule has 0 fully saturated rings. The van der Waals surface area contributed by atoms with Crippen molar-refractivity contribution in [1.29, 1.82) is 0 Å². The van der Waals surface area contributed by atoms with E-state index < -0.39 is 4.92 Å². The molecule has 0 N–H and O–H groups in total. The summed E-state index contributed by atoms with van der Waals surface area (Å²) in [4.78, 5) is 18.2. The van der Waals surface area contributed by atoms with Crippen LogP contribution < -0.4 is 0 Å². The zero-order valence-electron chi connectivity index (χ0n) is 9.52. The Balaban J connectivity index is 2.77. The molecule has 0 radical (unpaired) electrons. The maximum Gasteiger partial charge on any atom is 0.316 e. The summed E-state index contributed by atoms with van der Waals surface area (Å²) >= 11 is 17.6. The lowest BCUT2D eigenvalue weighted by Crippen LogP contribution is -2.01. The van der Waals surface area contributed by atoms with Crippen LogP contribution in [-0.4, -0.2) is 14.9 Å². The lowest BCUT2D eigenvalue weighted by atomic mass is 10.1. The number of nitro groups is 1. The normalized spacial score (nSPS) is 10.5. The van der Waals surface area contributed by atoms with Crippen molar-refractivity contribution in [2.75, 3.05) is 0 Å². The van der Waals surface area contributed by atoms with Crippen molar-refractivity contribution in [3.05, 3.63) is 49.3 Å². The summed E-state index contributed by atoms with van der Waals surface area (Å²) in [5.74, 6) is 0. The van der Waals surface area contributed by atoms with Gasteiger partial charge in [-0.15, -0.1) is 0 Å². The van der Waals surface area contributed by atoms with Gasteiger partial charge in [-0.3, -0.25) is 10.1 Å². The molecule has 0 bridgehead atoms. The van der Waals surface area contributed by atoms with Crippen molar-refractivity contribution in [2.24, 2.45) is 0 Å². The fourth-order valence-corrected chi connectivity index (χ4v) is 2.33. The molecule has 19 heavy (non-hydrogen) atoms. The van der Waals surface area contributed by atoms with Crippen molar-refractivity contribution in [3.8, 4) is 11.3 Å². The third kappa shape index (κ3) is 2.78. The number of rotatable bonds is 2. The van der Waals surface area contributed by atoms with Crippen LogP contribution in [-0.2, 0) is 0 Å². The molecule has 1 heterocycles. The van der Waals surface area contributed by atoms with Crippen LogP contribution in [0.3, 0.4) is 0 Å². The van der Waals surface area contributed by atoms with Crippen molar-refractivity contribution < 1.29 is 4.92 Å². The Morgan fingerprint density at radius 2 is 1.89 bits per heavy atom. The molecule has 0 atom stereocenters. The van der Waals surface area contributed by atoms with Crippen LogP contribution in [0.2, 0.25) is 15.3 Å². The van der Waals surface area contributed by atoms with Crippen LogP contribution in [0.25, 0.3) is 11.3 Å². The minimum atomic E-state index is -0.564. The van der Waals surface area contributed by atoms with Gasteiger partial charge in [0.1, 0.15) is 5.69 Å². The summed E-state index contributed by atoms with van der Waals surface area (Å²) in [6.45, 7) is 1.49. The largest absolute Gasteiger partial charge is 0.316 e. The second-order valence-electron chi connectivity index (χ2n) is 3.66. The molecule has 1 aromatic heterocycles. The van der Waals surface area contributed by atoms with Crippen LogP contribution in [0, 0.1) is 17.0 Å². The van der Waals surface area contributed by atoms with Crippen molar-refractivity contribution in [2.45, 2.75) is 6.92 Å². The van der Waals surface area contributed by atoms with Gasteiger partial charge in [0.25, 0.3) is 0 Å². The molecule has 0 spiro atoms. The van der Waals surface area contributed by atoms with Gasteiger partial charge >= 0.3 is 5.69 Å². The molecular formula is C11H6Cl3N3O2. The molecule has 0 aliphatic carbocycles. The van der Waals surface area contributed by atoms with Gasteiger partial charge in [0, 0.05) is 10.6 Å². The Morgan fingerprint density at radius 3 is 2.47 bits per heavy atom. The maximum atomic E-state index is 11.1. The third-order valence-corrected chi connectivity index (χ3v) is 3.12.